The Morgan fingerprint density at radius 2 is 1.95 bits per heavy atom. The summed E-state index contributed by atoms with van der Waals surface area (Å²) in [6, 6.07) is 0. The number of hydrogen-bond acceptors (Lipinski definition) is 4. The van der Waals surface area contributed by atoms with E-state index >= 15 is 0 Å². The molecular formula is C13H17ClN2O2S. The topological polar surface area (TPSA) is 50.3 Å². The predicted octanol–water partition coefficient (Wildman–Crippen LogP) is 2.74. The van der Waals surface area contributed by atoms with Gasteiger partial charge >= 0.3 is 0 Å². The molecule has 4 nitrogen and oxygen atoms in total. The van der Waals surface area contributed by atoms with Crippen molar-refractivity contribution in [2.24, 2.45) is 0 Å². The molecule has 2 amide bonds. The highest BCUT2D eigenvalue weighted by atomic mass is 35.5. The minimum absolute atomic E-state index is 0.0249. The number of aryl methyl sites for hydroxylation is 1. The van der Waals surface area contributed by atoms with Gasteiger partial charge in [-0.2, -0.15) is 0 Å². The molecule has 104 valence electrons. The van der Waals surface area contributed by atoms with Crippen LogP contribution >= 0.6 is 22.9 Å². The lowest BCUT2D eigenvalue weighted by Gasteiger charge is -2.18. The zero-order chi connectivity index (χ0) is 13.7. The highest BCUT2D eigenvalue weighted by molar-refractivity contribution is 7.09. The van der Waals surface area contributed by atoms with E-state index < -0.39 is 0 Å². The maximum absolute atomic E-state index is 11.8. The maximum Gasteiger partial charge on any atom is 0.229 e. The molecule has 0 unspecified atom stereocenters. The number of carbonyl (C=O) groups is 2. The zero-order valence-corrected chi connectivity index (χ0v) is 12.3. The van der Waals surface area contributed by atoms with Crippen LogP contribution in [0.3, 0.4) is 0 Å². The van der Waals surface area contributed by atoms with Crippen molar-refractivity contribution < 1.29 is 9.59 Å². The summed E-state index contributed by atoms with van der Waals surface area (Å²) in [5.41, 5.74) is 0.892. The van der Waals surface area contributed by atoms with Crippen molar-refractivity contribution in [2.45, 2.75) is 44.4 Å². The van der Waals surface area contributed by atoms with E-state index in [-0.39, 0.29) is 11.8 Å². The van der Waals surface area contributed by atoms with Gasteiger partial charge in [0.2, 0.25) is 11.8 Å². The Morgan fingerprint density at radius 3 is 2.53 bits per heavy atom. The Morgan fingerprint density at radius 1 is 1.26 bits per heavy atom. The third-order valence-electron chi connectivity index (χ3n) is 3.14. The Hall–Kier alpha value is -0.940. The highest BCUT2D eigenvalue weighted by Crippen LogP contribution is 2.16. The third kappa shape index (κ3) is 4.01. The normalized spacial score (nSPS) is 16.8. The van der Waals surface area contributed by atoms with Crippen LogP contribution in [0.1, 0.15) is 42.8 Å². The first-order valence-corrected chi connectivity index (χ1v) is 7.94. The SMILES string of the molecule is O=C1CCCCC(=O)N1CCCc1nc(CCl)cs1. The van der Waals surface area contributed by atoms with Crippen molar-refractivity contribution in [3.05, 3.63) is 16.1 Å². The van der Waals surface area contributed by atoms with E-state index in [0.717, 1.165) is 36.4 Å². The molecule has 0 spiro atoms. The fourth-order valence-electron chi connectivity index (χ4n) is 2.12. The Labute approximate surface area is 121 Å². The molecule has 6 heteroatoms. The number of nitrogens with zero attached hydrogens (tertiary/aromatic N) is 2. The summed E-state index contributed by atoms with van der Waals surface area (Å²) < 4.78 is 0. The van der Waals surface area contributed by atoms with Crippen molar-refractivity contribution in [1.29, 1.82) is 0 Å². The van der Waals surface area contributed by atoms with Gasteiger partial charge < -0.3 is 0 Å². The number of halogens is 1. The molecule has 1 fully saturated rings. The summed E-state index contributed by atoms with van der Waals surface area (Å²) in [5, 5.41) is 2.97. The lowest BCUT2D eigenvalue weighted by atomic mass is 10.2. The third-order valence-corrected chi connectivity index (χ3v) is 4.37. The Balaban J connectivity index is 1.83. The molecule has 0 aromatic carbocycles. The quantitative estimate of drug-likeness (QED) is 0.620. The molecule has 2 rings (SSSR count). The number of carbonyl (C=O) groups excluding carboxylic acids is 2. The molecule has 0 atom stereocenters. The molecule has 1 saturated heterocycles. The summed E-state index contributed by atoms with van der Waals surface area (Å²) in [5.74, 6) is 0.380. The van der Waals surface area contributed by atoms with E-state index in [1.807, 2.05) is 5.38 Å². The summed E-state index contributed by atoms with van der Waals surface area (Å²) in [4.78, 5) is 29.4. The first-order valence-electron chi connectivity index (χ1n) is 6.53. The summed E-state index contributed by atoms with van der Waals surface area (Å²) in [6.07, 6.45) is 4.21. The van der Waals surface area contributed by atoms with Gasteiger partial charge in [-0.15, -0.1) is 22.9 Å². The molecule has 1 aromatic heterocycles. The van der Waals surface area contributed by atoms with E-state index in [9.17, 15) is 9.59 Å². The van der Waals surface area contributed by atoms with Gasteiger partial charge in [0.05, 0.1) is 16.6 Å². The van der Waals surface area contributed by atoms with Gasteiger partial charge in [0.25, 0.3) is 0 Å². The summed E-state index contributed by atoms with van der Waals surface area (Å²) >= 11 is 7.28. The van der Waals surface area contributed by atoms with Gasteiger partial charge in [-0.05, 0) is 19.3 Å². The molecule has 0 N–H and O–H groups in total. The molecule has 0 saturated carbocycles. The smallest absolute Gasteiger partial charge is 0.229 e. The van der Waals surface area contributed by atoms with Gasteiger partial charge in [-0.3, -0.25) is 14.5 Å². The minimum Gasteiger partial charge on any atom is -0.283 e. The number of likely N-dealkylation sites (tertiary alicyclic amines) is 1. The second-order valence-corrected chi connectivity index (χ2v) is 5.83. The van der Waals surface area contributed by atoms with Crippen molar-refractivity contribution in [3.63, 3.8) is 0 Å². The van der Waals surface area contributed by atoms with Crippen LogP contribution in [0.2, 0.25) is 0 Å². The van der Waals surface area contributed by atoms with Crippen molar-refractivity contribution >= 4 is 34.8 Å². The number of thiazole rings is 1. The van der Waals surface area contributed by atoms with Crippen LogP contribution in [0.5, 0.6) is 0 Å². The molecule has 2 heterocycles. The van der Waals surface area contributed by atoms with Crippen molar-refractivity contribution in [1.82, 2.24) is 9.88 Å². The van der Waals surface area contributed by atoms with Crippen LogP contribution in [0.25, 0.3) is 0 Å². The van der Waals surface area contributed by atoms with Crippen LogP contribution < -0.4 is 0 Å². The van der Waals surface area contributed by atoms with Gasteiger partial charge in [-0.1, -0.05) is 0 Å². The van der Waals surface area contributed by atoms with Gasteiger partial charge in [0, 0.05) is 31.2 Å². The largest absolute Gasteiger partial charge is 0.283 e. The zero-order valence-electron chi connectivity index (χ0n) is 10.7. The molecule has 0 bridgehead atoms. The van der Waals surface area contributed by atoms with E-state index in [0.29, 0.717) is 25.3 Å². The monoisotopic (exact) mass is 300 g/mol. The number of imide groups is 1. The molecule has 0 aliphatic carbocycles. The fourth-order valence-corrected chi connectivity index (χ4v) is 3.19. The van der Waals surface area contributed by atoms with E-state index in [1.54, 1.807) is 11.3 Å². The summed E-state index contributed by atoms with van der Waals surface area (Å²) in [6.45, 7) is 0.507. The average Bonchev–Trinajstić information content (AvgIpc) is 2.80. The lowest BCUT2D eigenvalue weighted by Crippen LogP contribution is -2.36. The second-order valence-electron chi connectivity index (χ2n) is 4.62. The van der Waals surface area contributed by atoms with Crippen molar-refractivity contribution in [2.75, 3.05) is 6.54 Å². The van der Waals surface area contributed by atoms with Crippen molar-refractivity contribution in [3.8, 4) is 0 Å². The molecular weight excluding hydrogens is 284 g/mol. The Bertz CT molecular complexity index is 443. The van der Waals surface area contributed by atoms with Crippen LogP contribution in [0, 0.1) is 0 Å². The van der Waals surface area contributed by atoms with Gasteiger partial charge in [-0.25, -0.2) is 4.98 Å². The van der Waals surface area contributed by atoms with E-state index in [4.69, 9.17) is 11.6 Å². The number of aromatic nitrogens is 1. The number of rotatable bonds is 5. The highest BCUT2D eigenvalue weighted by Gasteiger charge is 2.23. The predicted molar refractivity (Wildman–Crippen MR) is 75.2 cm³/mol. The van der Waals surface area contributed by atoms with Crippen LogP contribution in [0.4, 0.5) is 0 Å². The first kappa shape index (κ1) is 14.5. The standard InChI is InChI=1S/C13H17ClN2O2S/c14-8-10-9-19-11(15-10)4-3-7-16-12(17)5-1-2-6-13(16)18/h9H,1-8H2. The maximum atomic E-state index is 11.8. The van der Waals surface area contributed by atoms with Gasteiger partial charge in [0.15, 0.2) is 0 Å². The molecule has 1 aromatic rings. The average molecular weight is 301 g/mol. The number of hydrogen-bond donors (Lipinski definition) is 0. The van der Waals surface area contributed by atoms with Crippen LogP contribution in [-0.4, -0.2) is 28.2 Å². The van der Waals surface area contributed by atoms with E-state index in [2.05, 4.69) is 4.98 Å². The lowest BCUT2D eigenvalue weighted by molar-refractivity contribution is -0.143. The number of amides is 2. The first-order chi connectivity index (χ1) is 9.20. The van der Waals surface area contributed by atoms with E-state index in [1.165, 1.54) is 4.90 Å². The number of alkyl halides is 1. The van der Waals surface area contributed by atoms with Crippen LogP contribution in [-0.2, 0) is 21.9 Å². The fraction of sp³-hybridized carbons (Fsp3) is 0.615. The Kier molecular flexibility index (Phi) is 5.34. The molecule has 1 aliphatic rings. The molecule has 1 aliphatic heterocycles. The summed E-state index contributed by atoms with van der Waals surface area (Å²) in [7, 11) is 0. The van der Waals surface area contributed by atoms with Gasteiger partial charge in [0.1, 0.15) is 0 Å². The molecule has 19 heavy (non-hydrogen) atoms. The van der Waals surface area contributed by atoms with Crippen LogP contribution in [0.15, 0.2) is 5.38 Å². The minimum atomic E-state index is -0.0249. The molecule has 0 radical (unpaired) electrons. The second kappa shape index (κ2) is 7.01.